The Labute approximate surface area is 156 Å². The smallest absolute Gasteiger partial charge is 0.382 e. The SMILES string of the molecule is Nc1ncnc2c1ncn2C[C@@H](COP(=O)(O)OP(=O)(O)O)OCP(=O)(O)O. The first-order valence-corrected chi connectivity index (χ1v) is 11.9. The number of rotatable bonds is 10. The zero-order valence-corrected chi connectivity index (χ0v) is 16.4. The number of hydrogen-bond acceptors (Lipinski definition) is 10. The van der Waals surface area contributed by atoms with Gasteiger partial charge in [-0.3, -0.25) is 9.09 Å². The van der Waals surface area contributed by atoms with Crippen LogP contribution in [0.4, 0.5) is 5.82 Å². The van der Waals surface area contributed by atoms with Crippen LogP contribution in [-0.4, -0.2) is 63.0 Å². The number of phosphoric acid groups is 2. The van der Waals surface area contributed by atoms with Gasteiger partial charge in [-0.2, -0.15) is 4.31 Å². The van der Waals surface area contributed by atoms with Crippen molar-refractivity contribution >= 4 is 40.2 Å². The van der Waals surface area contributed by atoms with E-state index in [-0.39, 0.29) is 23.5 Å². The third kappa shape index (κ3) is 7.28. The van der Waals surface area contributed by atoms with Crippen LogP contribution >= 0.6 is 23.2 Å². The molecule has 16 nitrogen and oxygen atoms in total. The Morgan fingerprint density at radius 1 is 1.11 bits per heavy atom. The van der Waals surface area contributed by atoms with Gasteiger partial charge < -0.3 is 39.5 Å². The van der Waals surface area contributed by atoms with Gasteiger partial charge in [0.2, 0.25) is 0 Å². The van der Waals surface area contributed by atoms with E-state index in [4.69, 9.17) is 30.0 Å². The standard InChI is InChI=1S/C9H16N5O11P3/c10-8-7-9(12-3-11-8)14(4-13-7)1-6(23-5-26(15,16)17)2-24-28(21,22)25-27(18,19)20/h3-4,6H,1-2,5H2,(H,21,22)(H2,10,11,12)(H2,15,16,17)(H2,18,19,20)/t6-/m0/s1. The molecule has 0 aliphatic heterocycles. The van der Waals surface area contributed by atoms with E-state index >= 15 is 0 Å². The second-order valence-corrected chi connectivity index (χ2v) is 9.66. The van der Waals surface area contributed by atoms with E-state index in [0.717, 1.165) is 6.33 Å². The largest absolute Gasteiger partial charge is 0.481 e. The molecule has 158 valence electrons. The third-order valence-corrected chi connectivity index (χ3v) is 5.58. The molecule has 2 aromatic rings. The minimum Gasteiger partial charge on any atom is -0.382 e. The number of imidazole rings is 1. The number of nitrogen functional groups attached to an aromatic ring is 1. The maximum absolute atomic E-state index is 11.5. The van der Waals surface area contributed by atoms with Crippen molar-refractivity contribution in [3.05, 3.63) is 12.7 Å². The zero-order chi connectivity index (χ0) is 21.2. The fourth-order valence-electron chi connectivity index (χ4n) is 1.94. The van der Waals surface area contributed by atoms with E-state index < -0.39 is 42.3 Å². The van der Waals surface area contributed by atoms with Crippen LogP contribution < -0.4 is 5.73 Å². The Balaban J connectivity index is 2.17. The number of phosphoric ester groups is 1. The molecule has 2 heterocycles. The Hall–Kier alpha value is -1.28. The van der Waals surface area contributed by atoms with Crippen molar-refractivity contribution in [2.45, 2.75) is 12.6 Å². The van der Waals surface area contributed by atoms with E-state index in [1.807, 2.05) is 0 Å². The van der Waals surface area contributed by atoms with Crippen molar-refractivity contribution in [1.82, 2.24) is 19.5 Å². The summed E-state index contributed by atoms with van der Waals surface area (Å²) in [7, 11) is -15.1. The van der Waals surface area contributed by atoms with Gasteiger partial charge in [0.1, 0.15) is 24.3 Å². The Morgan fingerprint density at radius 2 is 1.79 bits per heavy atom. The molecule has 1 unspecified atom stereocenters. The van der Waals surface area contributed by atoms with Crippen LogP contribution in [0.1, 0.15) is 0 Å². The lowest BCUT2D eigenvalue weighted by molar-refractivity contribution is 0.0188. The lowest BCUT2D eigenvalue weighted by Gasteiger charge is -2.20. The number of anilines is 1. The summed E-state index contributed by atoms with van der Waals surface area (Å²) < 4.78 is 47.7. The van der Waals surface area contributed by atoms with Gasteiger partial charge in [0, 0.05) is 0 Å². The predicted octanol–water partition coefficient (Wildman–Crippen LogP) is -0.845. The van der Waals surface area contributed by atoms with E-state index in [1.165, 1.54) is 10.9 Å². The highest BCUT2D eigenvalue weighted by molar-refractivity contribution is 7.60. The number of aromatic nitrogens is 4. The van der Waals surface area contributed by atoms with Gasteiger partial charge in [0.15, 0.2) is 11.5 Å². The number of hydrogen-bond donors (Lipinski definition) is 6. The van der Waals surface area contributed by atoms with Gasteiger partial charge in [-0.25, -0.2) is 24.1 Å². The average molecular weight is 463 g/mol. The molecule has 7 N–H and O–H groups in total. The van der Waals surface area contributed by atoms with Gasteiger partial charge >= 0.3 is 23.2 Å². The van der Waals surface area contributed by atoms with Crippen molar-refractivity contribution in [2.75, 3.05) is 18.7 Å². The molecule has 2 aromatic heterocycles. The molecule has 0 spiro atoms. The number of nitrogens with zero attached hydrogens (tertiary/aromatic N) is 4. The summed E-state index contributed by atoms with van der Waals surface area (Å²) in [4.78, 5) is 56.0. The van der Waals surface area contributed by atoms with Crippen LogP contribution in [0.15, 0.2) is 12.7 Å². The number of fused-ring (bicyclic) bond motifs is 1. The molecule has 0 fully saturated rings. The Morgan fingerprint density at radius 3 is 2.39 bits per heavy atom. The zero-order valence-electron chi connectivity index (χ0n) is 13.7. The second-order valence-electron chi connectivity index (χ2n) is 5.25. The van der Waals surface area contributed by atoms with Gasteiger partial charge in [0.05, 0.1) is 19.5 Å². The van der Waals surface area contributed by atoms with Crippen LogP contribution in [0, 0.1) is 0 Å². The molecule has 2 atom stereocenters. The number of ether oxygens (including phenoxy) is 1. The quantitative estimate of drug-likeness (QED) is 0.235. The summed E-state index contributed by atoms with van der Waals surface area (Å²) in [5, 5.41) is 0. The molecule has 0 bridgehead atoms. The van der Waals surface area contributed by atoms with Crippen LogP contribution in [0.25, 0.3) is 11.2 Å². The van der Waals surface area contributed by atoms with Crippen LogP contribution in [0.5, 0.6) is 0 Å². The van der Waals surface area contributed by atoms with Crippen molar-refractivity contribution in [3.63, 3.8) is 0 Å². The van der Waals surface area contributed by atoms with Gasteiger partial charge in [0.25, 0.3) is 0 Å². The first-order chi connectivity index (χ1) is 12.8. The van der Waals surface area contributed by atoms with Gasteiger partial charge in [-0.05, 0) is 0 Å². The second kappa shape index (κ2) is 8.61. The molecular formula is C9H16N5O11P3. The highest BCUT2D eigenvalue weighted by Crippen LogP contribution is 2.57. The summed E-state index contributed by atoms with van der Waals surface area (Å²) in [5.41, 5.74) is 6.11. The minimum absolute atomic E-state index is 0.0718. The maximum Gasteiger partial charge on any atom is 0.481 e. The average Bonchev–Trinajstić information content (AvgIpc) is 2.91. The molecule has 19 heteroatoms. The van der Waals surface area contributed by atoms with Crippen molar-refractivity contribution in [1.29, 1.82) is 0 Å². The van der Waals surface area contributed by atoms with E-state index in [1.54, 1.807) is 0 Å². The fraction of sp³-hybridized carbons (Fsp3) is 0.444. The molecule has 0 aliphatic carbocycles. The van der Waals surface area contributed by atoms with Gasteiger partial charge in [-0.15, -0.1) is 0 Å². The summed E-state index contributed by atoms with van der Waals surface area (Å²) >= 11 is 0. The van der Waals surface area contributed by atoms with Crippen molar-refractivity contribution < 1.29 is 51.7 Å². The first kappa shape index (κ1) is 23.0. The maximum atomic E-state index is 11.5. The van der Waals surface area contributed by atoms with Crippen LogP contribution in [0.2, 0.25) is 0 Å². The monoisotopic (exact) mass is 463 g/mol. The fourth-order valence-corrected chi connectivity index (χ4v) is 3.97. The molecule has 0 amide bonds. The minimum atomic E-state index is -5.33. The molecule has 0 saturated carbocycles. The first-order valence-electron chi connectivity index (χ1n) is 7.07. The van der Waals surface area contributed by atoms with Crippen LogP contribution in [0.3, 0.4) is 0 Å². The van der Waals surface area contributed by atoms with Gasteiger partial charge in [-0.1, -0.05) is 0 Å². The topological polar surface area (TPSA) is 250 Å². The summed E-state index contributed by atoms with van der Waals surface area (Å²) in [6.45, 7) is -1.06. The molecule has 0 saturated heterocycles. The predicted molar refractivity (Wildman–Crippen MR) is 90.4 cm³/mol. The molecule has 0 aliphatic rings. The molecule has 0 aromatic carbocycles. The summed E-state index contributed by atoms with van der Waals surface area (Å²) in [5.74, 6) is 0.0718. The van der Waals surface area contributed by atoms with Crippen molar-refractivity contribution in [3.8, 4) is 0 Å². The van der Waals surface area contributed by atoms with E-state index in [9.17, 15) is 18.6 Å². The molecular weight excluding hydrogens is 447 g/mol. The molecule has 2 rings (SSSR count). The van der Waals surface area contributed by atoms with Crippen molar-refractivity contribution in [2.24, 2.45) is 0 Å². The Bertz CT molecular complexity index is 970. The third-order valence-electron chi connectivity index (χ3n) is 2.94. The Kier molecular flexibility index (Phi) is 7.08. The summed E-state index contributed by atoms with van der Waals surface area (Å²) in [6.07, 6.45) is 0.0731. The highest BCUT2D eigenvalue weighted by Gasteiger charge is 2.33. The van der Waals surface area contributed by atoms with E-state index in [0.29, 0.717) is 0 Å². The molecule has 0 radical (unpaired) electrons. The van der Waals surface area contributed by atoms with E-state index in [2.05, 4.69) is 23.8 Å². The number of nitrogens with two attached hydrogens (primary N) is 1. The lowest BCUT2D eigenvalue weighted by Crippen LogP contribution is -2.26. The highest BCUT2D eigenvalue weighted by atomic mass is 31.3. The molecule has 28 heavy (non-hydrogen) atoms. The lowest BCUT2D eigenvalue weighted by atomic mass is 10.3. The van der Waals surface area contributed by atoms with Crippen LogP contribution in [-0.2, 0) is 33.8 Å². The normalized spacial score (nSPS) is 16.2. The summed E-state index contributed by atoms with van der Waals surface area (Å²) in [6, 6.07) is 0.